The van der Waals surface area contributed by atoms with Crippen LogP contribution >= 0.6 is 0 Å². The SMILES string of the molecule is CCOCc1nc2c(N)nc3c(c2n1CCCCONCC1CC1)CCCC3. The topological polar surface area (TPSA) is 87.2 Å². The Balaban J connectivity index is 1.47. The van der Waals surface area contributed by atoms with Crippen LogP contribution in [0.5, 0.6) is 0 Å². The number of nitrogen functional groups attached to an aromatic ring is 1. The fraction of sp³-hybridized carbons (Fsp3) is 0.714. The minimum absolute atomic E-state index is 0.513. The van der Waals surface area contributed by atoms with E-state index in [4.69, 9.17) is 20.3 Å². The van der Waals surface area contributed by atoms with Gasteiger partial charge in [0.15, 0.2) is 5.82 Å². The number of aryl methyl sites for hydroxylation is 3. The van der Waals surface area contributed by atoms with Crippen molar-refractivity contribution in [2.24, 2.45) is 5.92 Å². The van der Waals surface area contributed by atoms with Crippen LogP contribution in [-0.4, -0.2) is 34.3 Å². The van der Waals surface area contributed by atoms with Crippen molar-refractivity contribution in [3.63, 3.8) is 0 Å². The number of rotatable bonds is 11. The predicted octanol–water partition coefficient (Wildman–Crippen LogP) is 3.14. The number of ether oxygens (including phenoxy) is 1. The quantitative estimate of drug-likeness (QED) is 0.455. The molecule has 2 aromatic heterocycles. The Morgan fingerprint density at radius 2 is 2.04 bits per heavy atom. The number of hydrogen-bond donors (Lipinski definition) is 2. The van der Waals surface area contributed by atoms with Crippen LogP contribution in [0.15, 0.2) is 0 Å². The number of fused-ring (bicyclic) bond motifs is 3. The molecule has 0 saturated heterocycles. The lowest BCUT2D eigenvalue weighted by atomic mass is 9.95. The first-order valence-corrected chi connectivity index (χ1v) is 10.9. The number of nitrogens with one attached hydrogen (secondary N) is 1. The van der Waals surface area contributed by atoms with Gasteiger partial charge in [-0.25, -0.2) is 15.4 Å². The lowest BCUT2D eigenvalue weighted by molar-refractivity contribution is 0.0358. The molecule has 3 N–H and O–H groups in total. The number of nitrogens with zero attached hydrogens (tertiary/aromatic N) is 3. The second-order valence-corrected chi connectivity index (χ2v) is 7.99. The molecule has 1 saturated carbocycles. The molecule has 2 aliphatic carbocycles. The first-order chi connectivity index (χ1) is 13.8. The van der Waals surface area contributed by atoms with Gasteiger partial charge >= 0.3 is 0 Å². The van der Waals surface area contributed by atoms with Crippen LogP contribution in [0.25, 0.3) is 11.0 Å². The number of hydrogen-bond acceptors (Lipinski definition) is 6. The van der Waals surface area contributed by atoms with E-state index >= 15 is 0 Å². The van der Waals surface area contributed by atoms with Gasteiger partial charge in [0, 0.05) is 25.4 Å². The number of unbranched alkanes of at least 4 members (excludes halogenated alkanes) is 1. The molecule has 28 heavy (non-hydrogen) atoms. The van der Waals surface area contributed by atoms with Crippen molar-refractivity contribution < 1.29 is 9.57 Å². The zero-order chi connectivity index (χ0) is 19.3. The molecule has 0 amide bonds. The minimum atomic E-state index is 0.513. The van der Waals surface area contributed by atoms with E-state index < -0.39 is 0 Å². The molecule has 2 aromatic rings. The predicted molar refractivity (Wildman–Crippen MR) is 110 cm³/mol. The standard InChI is InChI=1S/C21H33N5O2/c1-2-27-14-18-25-19-20(16-7-3-4-8-17(16)24-21(19)22)26(18)11-5-6-12-28-23-13-15-9-10-15/h15,23H,2-14H2,1H3,(H2,22,24). The van der Waals surface area contributed by atoms with Gasteiger partial charge in [-0.15, -0.1) is 0 Å². The van der Waals surface area contributed by atoms with Crippen molar-refractivity contribution >= 4 is 16.9 Å². The van der Waals surface area contributed by atoms with E-state index in [2.05, 4.69) is 15.0 Å². The van der Waals surface area contributed by atoms with E-state index in [1.165, 1.54) is 36.8 Å². The third-order valence-corrected chi connectivity index (χ3v) is 5.75. The molecule has 0 aliphatic heterocycles. The zero-order valence-corrected chi connectivity index (χ0v) is 17.0. The molecule has 7 nitrogen and oxygen atoms in total. The maximum absolute atomic E-state index is 6.27. The minimum Gasteiger partial charge on any atom is -0.382 e. The number of hydroxylamine groups is 1. The fourth-order valence-corrected chi connectivity index (χ4v) is 4.01. The molecule has 154 valence electrons. The summed E-state index contributed by atoms with van der Waals surface area (Å²) in [6, 6.07) is 0. The largest absolute Gasteiger partial charge is 0.382 e. The zero-order valence-electron chi connectivity index (χ0n) is 17.0. The van der Waals surface area contributed by atoms with Crippen LogP contribution in [-0.2, 0) is 35.6 Å². The van der Waals surface area contributed by atoms with Crippen molar-refractivity contribution in [3.05, 3.63) is 17.1 Å². The van der Waals surface area contributed by atoms with Gasteiger partial charge in [-0.05, 0) is 69.8 Å². The van der Waals surface area contributed by atoms with Gasteiger partial charge in [-0.1, -0.05) is 0 Å². The number of imidazole rings is 1. The van der Waals surface area contributed by atoms with E-state index in [0.29, 0.717) is 19.0 Å². The average Bonchev–Trinajstić information content (AvgIpc) is 3.46. The van der Waals surface area contributed by atoms with Crippen LogP contribution in [0.4, 0.5) is 5.82 Å². The van der Waals surface area contributed by atoms with E-state index in [9.17, 15) is 0 Å². The molecule has 2 aliphatic rings. The summed E-state index contributed by atoms with van der Waals surface area (Å²) < 4.78 is 8.01. The van der Waals surface area contributed by atoms with Crippen molar-refractivity contribution in [2.45, 2.75) is 71.4 Å². The number of nitrogens with two attached hydrogens (primary N) is 1. The van der Waals surface area contributed by atoms with Crippen molar-refractivity contribution in [3.8, 4) is 0 Å². The molecule has 0 spiro atoms. The smallest absolute Gasteiger partial charge is 0.151 e. The van der Waals surface area contributed by atoms with Gasteiger partial charge in [-0.2, -0.15) is 0 Å². The Bertz CT molecular complexity index is 800. The Morgan fingerprint density at radius 3 is 2.86 bits per heavy atom. The highest BCUT2D eigenvalue weighted by Gasteiger charge is 2.23. The Kier molecular flexibility index (Phi) is 6.44. The average molecular weight is 388 g/mol. The van der Waals surface area contributed by atoms with Gasteiger partial charge in [-0.3, -0.25) is 0 Å². The van der Waals surface area contributed by atoms with Gasteiger partial charge in [0.1, 0.15) is 17.9 Å². The molecule has 7 heteroatoms. The lowest BCUT2D eigenvalue weighted by Gasteiger charge is -2.18. The lowest BCUT2D eigenvalue weighted by Crippen LogP contribution is -2.18. The second kappa shape index (κ2) is 9.20. The summed E-state index contributed by atoms with van der Waals surface area (Å²) in [6.07, 6.45) is 9.20. The van der Waals surface area contributed by atoms with Crippen molar-refractivity contribution in [2.75, 3.05) is 25.5 Å². The highest BCUT2D eigenvalue weighted by Crippen LogP contribution is 2.32. The van der Waals surface area contributed by atoms with E-state index in [1.54, 1.807) is 0 Å². The first kappa shape index (κ1) is 19.6. The summed E-state index contributed by atoms with van der Waals surface area (Å²) >= 11 is 0. The van der Waals surface area contributed by atoms with Gasteiger partial charge in [0.25, 0.3) is 0 Å². The van der Waals surface area contributed by atoms with Crippen LogP contribution in [0, 0.1) is 5.92 Å². The fourth-order valence-electron chi connectivity index (χ4n) is 4.01. The summed E-state index contributed by atoms with van der Waals surface area (Å²) in [7, 11) is 0. The molecular formula is C21H33N5O2. The van der Waals surface area contributed by atoms with Gasteiger partial charge in [0.2, 0.25) is 0 Å². The second-order valence-electron chi connectivity index (χ2n) is 7.99. The Morgan fingerprint density at radius 1 is 1.18 bits per heavy atom. The Hall–Kier alpha value is -1.70. The number of pyridine rings is 1. The van der Waals surface area contributed by atoms with E-state index in [0.717, 1.165) is 68.3 Å². The molecule has 4 rings (SSSR count). The van der Waals surface area contributed by atoms with Gasteiger partial charge < -0.3 is 19.9 Å². The normalized spacial score (nSPS) is 16.6. The monoisotopic (exact) mass is 387 g/mol. The molecule has 0 aromatic carbocycles. The number of anilines is 1. The van der Waals surface area contributed by atoms with Crippen molar-refractivity contribution in [1.82, 2.24) is 20.0 Å². The highest BCUT2D eigenvalue weighted by atomic mass is 16.6. The maximum Gasteiger partial charge on any atom is 0.151 e. The van der Waals surface area contributed by atoms with Gasteiger partial charge in [0.05, 0.1) is 12.1 Å². The van der Waals surface area contributed by atoms with Crippen molar-refractivity contribution in [1.29, 1.82) is 0 Å². The van der Waals surface area contributed by atoms with Crippen LogP contribution in [0.2, 0.25) is 0 Å². The molecule has 0 atom stereocenters. The summed E-state index contributed by atoms with van der Waals surface area (Å²) in [5.41, 5.74) is 13.9. The van der Waals surface area contributed by atoms with Crippen LogP contribution in [0.1, 0.15) is 62.5 Å². The van der Waals surface area contributed by atoms with Crippen LogP contribution < -0.4 is 11.2 Å². The molecular weight excluding hydrogens is 354 g/mol. The molecule has 0 unspecified atom stereocenters. The third kappa shape index (κ3) is 4.47. The molecule has 0 radical (unpaired) electrons. The number of aromatic nitrogens is 3. The van der Waals surface area contributed by atoms with Crippen LogP contribution in [0.3, 0.4) is 0 Å². The van der Waals surface area contributed by atoms with E-state index in [1.807, 2.05) is 6.92 Å². The highest BCUT2D eigenvalue weighted by molar-refractivity contribution is 5.89. The third-order valence-electron chi connectivity index (χ3n) is 5.75. The summed E-state index contributed by atoms with van der Waals surface area (Å²) in [6.45, 7) is 5.83. The summed E-state index contributed by atoms with van der Waals surface area (Å²) in [5.74, 6) is 2.35. The molecule has 1 fully saturated rings. The summed E-state index contributed by atoms with van der Waals surface area (Å²) in [5, 5.41) is 0. The van der Waals surface area contributed by atoms with E-state index in [-0.39, 0.29) is 0 Å². The Labute approximate surface area is 167 Å². The molecule has 2 heterocycles. The maximum atomic E-state index is 6.27. The first-order valence-electron chi connectivity index (χ1n) is 10.9. The summed E-state index contributed by atoms with van der Waals surface area (Å²) in [4.78, 5) is 15.0. The molecule has 0 bridgehead atoms.